The molecule has 0 fully saturated rings. The number of rotatable bonds is 5. The highest BCUT2D eigenvalue weighted by Crippen LogP contribution is 2.59. The summed E-state index contributed by atoms with van der Waals surface area (Å²) in [5.41, 5.74) is 4.12. The predicted octanol–water partition coefficient (Wildman–Crippen LogP) is 19.9. The minimum Gasteiger partial charge on any atom is -0.309 e. The van der Waals surface area contributed by atoms with Gasteiger partial charge in [-0.25, -0.2) is 0 Å². The van der Waals surface area contributed by atoms with Gasteiger partial charge in [-0.3, -0.25) is 0 Å². The molecular weight excluding hydrogens is 1000 g/mol. The number of halogens is 14. The molecule has 0 aliphatic rings. The summed E-state index contributed by atoms with van der Waals surface area (Å²) in [6.45, 7) is 0. The number of aromatic nitrogens is 1. The van der Waals surface area contributed by atoms with E-state index in [4.69, 9.17) is 162 Å². The summed E-state index contributed by atoms with van der Waals surface area (Å²) in [5, 5.41) is 2.96. The molecule has 1 heterocycles. The molecular formula is C41H15Cl14N. The van der Waals surface area contributed by atoms with Gasteiger partial charge >= 0.3 is 0 Å². The lowest BCUT2D eigenvalue weighted by molar-refractivity contribution is 0.979. The highest BCUT2D eigenvalue weighted by atomic mass is 35.5. The third-order valence-corrected chi connectivity index (χ3v) is 15.9. The zero-order valence-corrected chi connectivity index (χ0v) is 38.0. The first-order valence-electron chi connectivity index (χ1n) is 16.1. The Hall–Kier alpha value is -1.34. The Morgan fingerprint density at radius 1 is 0.339 bits per heavy atom. The maximum Gasteiger partial charge on any atom is 0.0809 e. The van der Waals surface area contributed by atoms with E-state index in [0.717, 1.165) is 38.3 Å². The van der Waals surface area contributed by atoms with Gasteiger partial charge in [-0.2, -0.15) is 0 Å². The average Bonchev–Trinajstić information content (AvgIpc) is 3.53. The summed E-state index contributed by atoms with van der Waals surface area (Å²) in [6, 6.07) is 28.6. The van der Waals surface area contributed by atoms with Crippen LogP contribution < -0.4 is 0 Å². The van der Waals surface area contributed by atoms with Crippen molar-refractivity contribution in [3.05, 3.63) is 172 Å². The minimum atomic E-state index is -1.29. The minimum absolute atomic E-state index is 0.0375. The Balaban J connectivity index is 1.40. The van der Waals surface area contributed by atoms with Crippen LogP contribution in [0.1, 0.15) is 22.6 Å². The number of hydrogen-bond donors (Lipinski definition) is 0. The first-order valence-corrected chi connectivity index (χ1v) is 21.4. The first kappa shape index (κ1) is 41.4. The van der Waals surface area contributed by atoms with E-state index in [1.807, 2.05) is 42.5 Å². The molecule has 0 saturated heterocycles. The van der Waals surface area contributed by atoms with E-state index in [9.17, 15) is 0 Å². The smallest absolute Gasteiger partial charge is 0.0809 e. The van der Waals surface area contributed by atoms with Crippen LogP contribution in [0.4, 0.5) is 0 Å². The molecule has 0 aliphatic heterocycles. The molecule has 0 spiro atoms. The van der Waals surface area contributed by atoms with Gasteiger partial charge in [0.25, 0.3) is 0 Å². The Morgan fingerprint density at radius 3 is 1.30 bits per heavy atom. The van der Waals surface area contributed by atoms with Crippen molar-refractivity contribution < 1.29 is 0 Å². The van der Waals surface area contributed by atoms with Gasteiger partial charge < -0.3 is 4.57 Å². The molecule has 0 unspecified atom stereocenters. The molecule has 15 heteroatoms. The van der Waals surface area contributed by atoms with Gasteiger partial charge in [0.05, 0.1) is 81.4 Å². The molecule has 7 aromatic carbocycles. The van der Waals surface area contributed by atoms with Crippen LogP contribution in [0.5, 0.6) is 0 Å². The maximum absolute atomic E-state index is 7.26. The van der Waals surface area contributed by atoms with E-state index in [1.165, 1.54) is 0 Å². The fraction of sp³-hybridized carbons (Fsp3) is 0.0244. The molecule has 1 nitrogen and oxygen atoms in total. The van der Waals surface area contributed by atoms with Gasteiger partial charge in [0.2, 0.25) is 0 Å². The summed E-state index contributed by atoms with van der Waals surface area (Å²) < 4.78 is 2.21. The van der Waals surface area contributed by atoms with Crippen molar-refractivity contribution in [3.8, 4) is 16.8 Å². The molecule has 0 saturated carbocycles. The van der Waals surface area contributed by atoms with Crippen LogP contribution in [0.15, 0.2) is 84.9 Å². The van der Waals surface area contributed by atoms with Gasteiger partial charge in [-0.1, -0.05) is 217 Å². The van der Waals surface area contributed by atoms with Crippen LogP contribution >= 0.6 is 162 Å². The third-order valence-electron chi connectivity index (χ3n) is 9.60. The zero-order valence-electron chi connectivity index (χ0n) is 27.4. The van der Waals surface area contributed by atoms with Gasteiger partial charge in [0.1, 0.15) is 0 Å². The topological polar surface area (TPSA) is 4.93 Å². The van der Waals surface area contributed by atoms with E-state index in [1.54, 1.807) is 0 Å². The lowest BCUT2D eigenvalue weighted by Crippen LogP contribution is -2.11. The van der Waals surface area contributed by atoms with E-state index in [-0.39, 0.29) is 87.0 Å². The second-order valence-electron chi connectivity index (χ2n) is 12.6. The van der Waals surface area contributed by atoms with Crippen molar-refractivity contribution in [1.82, 2.24) is 4.57 Å². The highest BCUT2D eigenvalue weighted by Gasteiger charge is 2.37. The molecule has 0 bridgehead atoms. The molecule has 8 rings (SSSR count). The van der Waals surface area contributed by atoms with E-state index < -0.39 is 5.92 Å². The largest absolute Gasteiger partial charge is 0.309 e. The number of para-hydroxylation sites is 1. The second kappa shape index (κ2) is 15.9. The quantitative estimate of drug-likeness (QED) is 0.0920. The summed E-state index contributed by atoms with van der Waals surface area (Å²) in [4.78, 5) is 0. The molecule has 56 heavy (non-hydrogen) atoms. The molecule has 1 aromatic heterocycles. The number of hydrogen-bond acceptors (Lipinski definition) is 0. The van der Waals surface area contributed by atoms with Crippen LogP contribution in [0.25, 0.3) is 49.4 Å². The van der Waals surface area contributed by atoms with Crippen molar-refractivity contribution in [1.29, 1.82) is 0 Å². The molecule has 0 amide bonds. The molecule has 0 N–H and O–H groups in total. The van der Waals surface area contributed by atoms with E-state index in [0.29, 0.717) is 11.1 Å². The van der Waals surface area contributed by atoms with Gasteiger partial charge in [-0.05, 0) is 46.7 Å². The summed E-state index contributed by atoms with van der Waals surface area (Å²) in [7, 11) is 0. The van der Waals surface area contributed by atoms with Crippen molar-refractivity contribution in [3.63, 3.8) is 0 Å². The lowest BCUT2D eigenvalue weighted by Gasteiger charge is -2.28. The second-order valence-corrected chi connectivity index (χ2v) is 17.9. The van der Waals surface area contributed by atoms with Gasteiger partial charge in [0.15, 0.2) is 0 Å². The Labute approximate surface area is 390 Å². The molecule has 0 aliphatic carbocycles. The lowest BCUT2D eigenvalue weighted by atomic mass is 9.83. The van der Waals surface area contributed by atoms with Crippen LogP contribution in [0, 0.1) is 0 Å². The fourth-order valence-corrected chi connectivity index (χ4v) is 11.1. The van der Waals surface area contributed by atoms with Gasteiger partial charge in [0, 0.05) is 44.6 Å². The maximum atomic E-state index is 7.26. The molecule has 282 valence electrons. The first-order chi connectivity index (χ1) is 26.6. The Morgan fingerprint density at radius 2 is 0.768 bits per heavy atom. The fourth-order valence-electron chi connectivity index (χ4n) is 7.06. The SMILES string of the molecule is Clc1c(Cl)c(Cl)c(C(c2c(Cl)c(Cl)c(Cl)c(Cl)c2Cl)c2c(Cl)c(Cl)c(-c3ccc4c(c3)c3ccccc3n4-c3ccc4ccccc4c3)c(Cl)c2Cl)c(Cl)c1Cl. The highest BCUT2D eigenvalue weighted by molar-refractivity contribution is 6.57. The normalized spacial score (nSPS) is 11.9. The summed E-state index contributed by atoms with van der Waals surface area (Å²) >= 11 is 95.6. The van der Waals surface area contributed by atoms with E-state index in [2.05, 4.69) is 47.0 Å². The molecule has 0 radical (unpaired) electrons. The van der Waals surface area contributed by atoms with E-state index >= 15 is 0 Å². The van der Waals surface area contributed by atoms with Crippen LogP contribution in [0.2, 0.25) is 70.3 Å². The van der Waals surface area contributed by atoms with Gasteiger partial charge in [-0.15, -0.1) is 0 Å². The summed E-state index contributed by atoms with van der Waals surface area (Å²) in [6.07, 6.45) is 0. The van der Waals surface area contributed by atoms with Crippen molar-refractivity contribution in [2.24, 2.45) is 0 Å². The zero-order chi connectivity index (χ0) is 40.1. The third kappa shape index (κ3) is 6.53. The summed E-state index contributed by atoms with van der Waals surface area (Å²) in [5.74, 6) is -1.29. The van der Waals surface area contributed by atoms with Crippen molar-refractivity contribution in [2.75, 3.05) is 0 Å². The number of benzene rings is 7. The van der Waals surface area contributed by atoms with Crippen molar-refractivity contribution >= 4 is 195 Å². The predicted molar refractivity (Wildman–Crippen MR) is 248 cm³/mol. The molecule has 0 atom stereocenters. The standard InChI is InChI=1S/C41H15Cl14N/c42-28-23(17-10-12-22-20(14-17)19-7-3-4-8-21(19)56(22)18-11-9-15-5-1-2-6-16(15)13-18)29(43)31(45)25(30(28)44)24(26-32(46)36(50)40(54)37(51)33(26)47)27-34(48)38(52)41(55)39(53)35(27)49/h1-14,24H. The average molecular weight is 1020 g/mol. The monoisotopic (exact) mass is 1010 g/mol. The van der Waals surface area contributed by atoms with Crippen LogP contribution in [-0.2, 0) is 0 Å². The molecule has 8 aromatic rings. The Kier molecular flexibility index (Phi) is 11.8. The number of fused-ring (bicyclic) bond motifs is 4. The number of nitrogens with zero attached hydrogens (tertiary/aromatic N) is 1. The van der Waals surface area contributed by atoms with Crippen molar-refractivity contribution in [2.45, 2.75) is 5.92 Å². The Bertz CT molecular complexity index is 2830. The van der Waals surface area contributed by atoms with Crippen LogP contribution in [0.3, 0.4) is 0 Å². The van der Waals surface area contributed by atoms with Crippen LogP contribution in [-0.4, -0.2) is 4.57 Å².